The van der Waals surface area contributed by atoms with E-state index in [9.17, 15) is 4.79 Å². The fourth-order valence-corrected chi connectivity index (χ4v) is 2.67. The average Bonchev–Trinajstić information content (AvgIpc) is 2.50. The molecule has 21 heavy (non-hydrogen) atoms. The zero-order valence-electron chi connectivity index (χ0n) is 11.7. The number of nitrogens with zero attached hydrogens (tertiary/aromatic N) is 2. The van der Waals surface area contributed by atoms with Gasteiger partial charge in [0.05, 0.1) is 22.1 Å². The van der Waals surface area contributed by atoms with Gasteiger partial charge >= 0.3 is 0 Å². The molecule has 0 fully saturated rings. The zero-order chi connectivity index (χ0) is 15.0. The van der Waals surface area contributed by atoms with Crippen molar-refractivity contribution in [1.29, 1.82) is 0 Å². The summed E-state index contributed by atoms with van der Waals surface area (Å²) in [7, 11) is 2.03. The molecule has 0 saturated heterocycles. The third-order valence-electron chi connectivity index (χ3n) is 3.73. The lowest BCUT2D eigenvalue weighted by Gasteiger charge is -2.35. The number of benzene rings is 2. The van der Waals surface area contributed by atoms with Crippen molar-refractivity contribution in [2.24, 2.45) is 0 Å². The maximum atomic E-state index is 12.7. The average molecular weight is 302 g/mol. The molecular formula is C16H16ClN3O. The van der Waals surface area contributed by atoms with Gasteiger partial charge in [-0.1, -0.05) is 23.7 Å². The van der Waals surface area contributed by atoms with Crippen LogP contribution in [0.1, 0.15) is 10.4 Å². The van der Waals surface area contributed by atoms with Crippen molar-refractivity contribution < 1.29 is 4.79 Å². The SMILES string of the molecule is CN1CCN(C(=O)c2ccc(Cl)c(N)c2)c2ccccc21. The fourth-order valence-electron chi connectivity index (χ4n) is 2.55. The van der Waals surface area contributed by atoms with Gasteiger partial charge in [0, 0.05) is 25.7 Å². The third-order valence-corrected chi connectivity index (χ3v) is 4.08. The van der Waals surface area contributed by atoms with Gasteiger partial charge in [-0.2, -0.15) is 0 Å². The van der Waals surface area contributed by atoms with Crippen LogP contribution in [-0.2, 0) is 0 Å². The minimum absolute atomic E-state index is 0.0566. The van der Waals surface area contributed by atoms with E-state index in [2.05, 4.69) is 4.90 Å². The largest absolute Gasteiger partial charge is 0.398 e. The normalized spacial score (nSPS) is 14.0. The summed E-state index contributed by atoms with van der Waals surface area (Å²) in [5, 5.41) is 0.463. The van der Waals surface area contributed by atoms with E-state index < -0.39 is 0 Å². The number of carbonyl (C=O) groups is 1. The minimum Gasteiger partial charge on any atom is -0.398 e. The summed E-state index contributed by atoms with van der Waals surface area (Å²) >= 11 is 5.91. The van der Waals surface area contributed by atoms with Gasteiger partial charge < -0.3 is 15.5 Å². The molecule has 0 saturated carbocycles. The lowest BCUT2D eigenvalue weighted by atomic mass is 10.1. The molecule has 0 spiro atoms. The van der Waals surface area contributed by atoms with Crippen LogP contribution < -0.4 is 15.5 Å². The second-order valence-electron chi connectivity index (χ2n) is 5.10. The van der Waals surface area contributed by atoms with Crippen LogP contribution in [0, 0.1) is 0 Å². The summed E-state index contributed by atoms with van der Waals surface area (Å²) in [4.78, 5) is 16.7. The molecule has 0 bridgehead atoms. The Balaban J connectivity index is 1.99. The summed E-state index contributed by atoms with van der Waals surface area (Å²) < 4.78 is 0. The van der Waals surface area contributed by atoms with E-state index in [-0.39, 0.29) is 5.91 Å². The molecule has 4 nitrogen and oxygen atoms in total. The van der Waals surface area contributed by atoms with Gasteiger partial charge in [0.15, 0.2) is 0 Å². The summed E-state index contributed by atoms with van der Waals surface area (Å²) in [5.41, 5.74) is 8.74. The second kappa shape index (κ2) is 5.30. The Morgan fingerprint density at radius 3 is 2.57 bits per heavy atom. The quantitative estimate of drug-likeness (QED) is 0.824. The van der Waals surface area contributed by atoms with E-state index >= 15 is 0 Å². The molecule has 1 aliphatic rings. The predicted molar refractivity (Wildman–Crippen MR) is 87.3 cm³/mol. The van der Waals surface area contributed by atoms with Crippen molar-refractivity contribution in [3.05, 3.63) is 53.1 Å². The monoisotopic (exact) mass is 301 g/mol. The molecule has 2 aromatic rings. The first-order valence-electron chi connectivity index (χ1n) is 6.75. The molecule has 0 atom stereocenters. The highest BCUT2D eigenvalue weighted by molar-refractivity contribution is 6.33. The Bertz CT molecular complexity index is 702. The van der Waals surface area contributed by atoms with Gasteiger partial charge in [0.1, 0.15) is 0 Å². The number of halogens is 1. The number of rotatable bonds is 1. The van der Waals surface area contributed by atoms with Crippen molar-refractivity contribution in [2.45, 2.75) is 0 Å². The van der Waals surface area contributed by atoms with E-state index in [1.165, 1.54) is 0 Å². The highest BCUT2D eigenvalue weighted by Gasteiger charge is 2.25. The van der Waals surface area contributed by atoms with Gasteiger partial charge in [-0.25, -0.2) is 0 Å². The van der Waals surface area contributed by atoms with Crippen molar-refractivity contribution in [3.8, 4) is 0 Å². The molecule has 0 radical (unpaired) electrons. The van der Waals surface area contributed by atoms with Crippen molar-refractivity contribution >= 4 is 34.6 Å². The van der Waals surface area contributed by atoms with Gasteiger partial charge in [-0.3, -0.25) is 4.79 Å². The Labute approximate surface area is 128 Å². The molecule has 2 aromatic carbocycles. The van der Waals surface area contributed by atoms with Crippen LogP contribution in [0.2, 0.25) is 5.02 Å². The van der Waals surface area contributed by atoms with Crippen molar-refractivity contribution in [2.75, 3.05) is 35.7 Å². The van der Waals surface area contributed by atoms with E-state index in [4.69, 9.17) is 17.3 Å². The van der Waals surface area contributed by atoms with Crippen molar-refractivity contribution in [1.82, 2.24) is 0 Å². The standard InChI is InChI=1S/C16H16ClN3O/c1-19-8-9-20(15-5-3-2-4-14(15)19)16(21)11-6-7-12(17)13(18)10-11/h2-7,10H,8-9,18H2,1H3. The molecular weight excluding hydrogens is 286 g/mol. The minimum atomic E-state index is -0.0566. The highest BCUT2D eigenvalue weighted by Crippen LogP contribution is 2.33. The first kappa shape index (κ1) is 13.8. The Morgan fingerprint density at radius 2 is 1.86 bits per heavy atom. The molecule has 0 unspecified atom stereocenters. The summed E-state index contributed by atoms with van der Waals surface area (Å²) in [5.74, 6) is -0.0566. The van der Waals surface area contributed by atoms with E-state index in [0.29, 0.717) is 22.8 Å². The molecule has 1 aliphatic heterocycles. The lowest BCUT2D eigenvalue weighted by molar-refractivity contribution is 0.0987. The second-order valence-corrected chi connectivity index (χ2v) is 5.51. The van der Waals surface area contributed by atoms with Crippen LogP contribution in [0.25, 0.3) is 0 Å². The fraction of sp³-hybridized carbons (Fsp3) is 0.188. The molecule has 0 aromatic heterocycles. The van der Waals surface area contributed by atoms with Crippen LogP contribution in [0.4, 0.5) is 17.1 Å². The zero-order valence-corrected chi connectivity index (χ0v) is 12.5. The number of hydrogen-bond donors (Lipinski definition) is 1. The number of para-hydroxylation sites is 2. The first-order valence-corrected chi connectivity index (χ1v) is 7.13. The number of nitrogens with two attached hydrogens (primary N) is 1. The van der Waals surface area contributed by atoms with Crippen LogP contribution in [0.5, 0.6) is 0 Å². The Hall–Kier alpha value is -2.20. The summed E-state index contributed by atoms with van der Waals surface area (Å²) in [6, 6.07) is 12.9. The lowest BCUT2D eigenvalue weighted by Crippen LogP contribution is -2.42. The highest BCUT2D eigenvalue weighted by atomic mass is 35.5. The van der Waals surface area contributed by atoms with E-state index in [1.807, 2.05) is 31.3 Å². The van der Waals surface area contributed by atoms with Gasteiger partial charge in [0.2, 0.25) is 0 Å². The number of hydrogen-bond acceptors (Lipinski definition) is 3. The maximum Gasteiger partial charge on any atom is 0.258 e. The van der Waals surface area contributed by atoms with Gasteiger partial charge in [0.25, 0.3) is 5.91 Å². The number of anilines is 3. The number of fused-ring (bicyclic) bond motifs is 1. The maximum absolute atomic E-state index is 12.7. The molecule has 1 heterocycles. The van der Waals surface area contributed by atoms with Crippen LogP contribution >= 0.6 is 11.6 Å². The molecule has 3 rings (SSSR count). The Morgan fingerprint density at radius 1 is 1.14 bits per heavy atom. The van der Waals surface area contributed by atoms with Crippen LogP contribution in [0.3, 0.4) is 0 Å². The molecule has 108 valence electrons. The van der Waals surface area contributed by atoms with Gasteiger partial charge in [-0.05, 0) is 30.3 Å². The topological polar surface area (TPSA) is 49.6 Å². The molecule has 1 amide bonds. The van der Waals surface area contributed by atoms with Crippen molar-refractivity contribution in [3.63, 3.8) is 0 Å². The van der Waals surface area contributed by atoms with Crippen LogP contribution in [-0.4, -0.2) is 26.0 Å². The van der Waals surface area contributed by atoms with E-state index in [0.717, 1.165) is 17.9 Å². The third kappa shape index (κ3) is 2.43. The Kier molecular flexibility index (Phi) is 3.47. The number of likely N-dealkylation sites (N-methyl/N-ethyl adjacent to an activating group) is 1. The summed E-state index contributed by atoms with van der Waals surface area (Å²) in [6.07, 6.45) is 0. The summed E-state index contributed by atoms with van der Waals surface area (Å²) in [6.45, 7) is 1.45. The van der Waals surface area contributed by atoms with Crippen LogP contribution in [0.15, 0.2) is 42.5 Å². The number of nitrogen functional groups attached to an aromatic ring is 1. The number of carbonyl (C=O) groups excluding carboxylic acids is 1. The van der Waals surface area contributed by atoms with Gasteiger partial charge in [-0.15, -0.1) is 0 Å². The van der Waals surface area contributed by atoms with E-state index in [1.54, 1.807) is 23.1 Å². The first-order chi connectivity index (χ1) is 10.1. The predicted octanol–water partition coefficient (Wildman–Crippen LogP) is 3.02. The molecule has 5 heteroatoms. The smallest absolute Gasteiger partial charge is 0.258 e. The molecule has 0 aliphatic carbocycles. The number of amides is 1. The molecule has 2 N–H and O–H groups in total.